The quantitative estimate of drug-likeness (QED) is 0.840. The Kier molecular flexibility index (Phi) is 4.09. The van der Waals surface area contributed by atoms with Crippen molar-refractivity contribution >= 4 is 5.91 Å². The molecule has 3 heteroatoms. The molecule has 0 saturated heterocycles. The number of amides is 1. The molecule has 1 amide bonds. The van der Waals surface area contributed by atoms with Crippen molar-refractivity contribution in [1.29, 1.82) is 0 Å². The summed E-state index contributed by atoms with van der Waals surface area (Å²) in [5.41, 5.74) is 4.66. The van der Waals surface area contributed by atoms with Crippen LogP contribution in [0.15, 0.2) is 42.7 Å². The van der Waals surface area contributed by atoms with Gasteiger partial charge in [-0.05, 0) is 61.3 Å². The molecule has 0 unspecified atom stereocenters. The highest BCUT2D eigenvalue weighted by atomic mass is 16.2. The van der Waals surface area contributed by atoms with Crippen molar-refractivity contribution in [2.24, 2.45) is 0 Å². The van der Waals surface area contributed by atoms with E-state index in [0.29, 0.717) is 6.04 Å². The second kappa shape index (κ2) is 6.39. The standard InChI is InChI=1S/C21H24N2O/c1-2-15-14-22-13-12-19(15)21(24)23(17-10-11-17)20-9-5-7-16-6-3-4-8-18(16)20/h3-4,6,8,12-14,17,20H,2,5,7,9-11H2,1H3/t20-/m0/s1. The molecule has 124 valence electrons. The summed E-state index contributed by atoms with van der Waals surface area (Å²) < 4.78 is 0. The van der Waals surface area contributed by atoms with Crippen LogP contribution in [0.5, 0.6) is 0 Å². The van der Waals surface area contributed by atoms with Crippen molar-refractivity contribution in [2.45, 2.75) is 57.5 Å². The van der Waals surface area contributed by atoms with Gasteiger partial charge in [0, 0.05) is 24.0 Å². The third-order valence-corrected chi connectivity index (χ3v) is 5.36. The fraction of sp³-hybridized carbons (Fsp3) is 0.429. The van der Waals surface area contributed by atoms with E-state index in [4.69, 9.17) is 0 Å². The van der Waals surface area contributed by atoms with Gasteiger partial charge in [0.1, 0.15) is 0 Å². The zero-order valence-electron chi connectivity index (χ0n) is 14.2. The number of rotatable bonds is 4. The molecule has 0 bridgehead atoms. The van der Waals surface area contributed by atoms with Crippen LogP contribution in [0.1, 0.15) is 65.7 Å². The molecular formula is C21H24N2O. The minimum absolute atomic E-state index is 0.193. The highest BCUT2D eigenvalue weighted by Gasteiger charge is 2.40. The van der Waals surface area contributed by atoms with Crippen LogP contribution in [0.4, 0.5) is 0 Å². The van der Waals surface area contributed by atoms with E-state index in [9.17, 15) is 4.79 Å². The van der Waals surface area contributed by atoms with Crippen molar-refractivity contribution in [3.8, 4) is 0 Å². The van der Waals surface area contributed by atoms with Gasteiger partial charge in [0.05, 0.1) is 6.04 Å². The lowest BCUT2D eigenvalue weighted by Crippen LogP contribution is -2.38. The lowest BCUT2D eigenvalue weighted by molar-refractivity contribution is 0.0636. The van der Waals surface area contributed by atoms with E-state index >= 15 is 0 Å². The Bertz CT molecular complexity index is 751. The van der Waals surface area contributed by atoms with Gasteiger partial charge in [0.25, 0.3) is 5.91 Å². The maximum atomic E-state index is 13.4. The third kappa shape index (κ3) is 2.72. The average molecular weight is 320 g/mol. The van der Waals surface area contributed by atoms with Crippen LogP contribution in [0.2, 0.25) is 0 Å². The zero-order chi connectivity index (χ0) is 16.5. The number of hydrogen-bond donors (Lipinski definition) is 0. The molecule has 24 heavy (non-hydrogen) atoms. The van der Waals surface area contributed by atoms with E-state index in [1.54, 1.807) is 6.20 Å². The molecule has 0 spiro atoms. The fourth-order valence-corrected chi connectivity index (χ4v) is 3.99. The van der Waals surface area contributed by atoms with E-state index in [0.717, 1.165) is 49.7 Å². The number of benzene rings is 1. The molecule has 2 aliphatic rings. The van der Waals surface area contributed by atoms with Crippen molar-refractivity contribution in [2.75, 3.05) is 0 Å². The first-order valence-corrected chi connectivity index (χ1v) is 9.13. The Labute approximate surface area is 143 Å². The molecule has 4 rings (SSSR count). The Balaban J connectivity index is 1.72. The minimum Gasteiger partial charge on any atom is -0.329 e. The lowest BCUT2D eigenvalue weighted by atomic mass is 9.86. The first-order chi connectivity index (χ1) is 11.8. The number of aryl methyl sites for hydroxylation is 2. The first kappa shape index (κ1) is 15.4. The largest absolute Gasteiger partial charge is 0.329 e. The van der Waals surface area contributed by atoms with Crippen LogP contribution in [0.3, 0.4) is 0 Å². The van der Waals surface area contributed by atoms with Crippen molar-refractivity contribution in [3.63, 3.8) is 0 Å². The van der Waals surface area contributed by atoms with Crippen molar-refractivity contribution < 1.29 is 4.79 Å². The molecular weight excluding hydrogens is 296 g/mol. The van der Waals surface area contributed by atoms with E-state index < -0.39 is 0 Å². The van der Waals surface area contributed by atoms with Crippen LogP contribution < -0.4 is 0 Å². The Morgan fingerprint density at radius 2 is 2.04 bits per heavy atom. The number of carbonyl (C=O) groups excluding carboxylic acids is 1. The molecule has 3 nitrogen and oxygen atoms in total. The van der Waals surface area contributed by atoms with Crippen LogP contribution in [-0.2, 0) is 12.8 Å². The third-order valence-electron chi connectivity index (χ3n) is 5.36. The molecule has 1 saturated carbocycles. The normalized spacial score (nSPS) is 19.6. The summed E-state index contributed by atoms with van der Waals surface area (Å²) in [4.78, 5) is 19.8. The predicted molar refractivity (Wildman–Crippen MR) is 94.9 cm³/mol. The smallest absolute Gasteiger partial charge is 0.255 e. The summed E-state index contributed by atoms with van der Waals surface area (Å²) in [5.74, 6) is 0.193. The van der Waals surface area contributed by atoms with E-state index in [2.05, 4.69) is 41.1 Å². The molecule has 2 aliphatic carbocycles. The van der Waals surface area contributed by atoms with Crippen molar-refractivity contribution in [3.05, 3.63) is 65.0 Å². The maximum Gasteiger partial charge on any atom is 0.255 e. The number of nitrogens with zero attached hydrogens (tertiary/aromatic N) is 2. The summed E-state index contributed by atoms with van der Waals surface area (Å²) in [6.07, 6.45) is 10.1. The Morgan fingerprint density at radius 3 is 2.83 bits per heavy atom. The summed E-state index contributed by atoms with van der Waals surface area (Å²) >= 11 is 0. The van der Waals surface area contributed by atoms with Crippen molar-refractivity contribution in [1.82, 2.24) is 9.88 Å². The molecule has 1 fully saturated rings. The predicted octanol–water partition coefficient (Wildman–Crippen LogP) is 4.33. The molecule has 1 aromatic heterocycles. The number of hydrogen-bond acceptors (Lipinski definition) is 2. The highest BCUT2D eigenvalue weighted by Crippen LogP contribution is 2.41. The lowest BCUT2D eigenvalue weighted by Gasteiger charge is -2.36. The molecule has 0 aliphatic heterocycles. The summed E-state index contributed by atoms with van der Waals surface area (Å²) in [7, 11) is 0. The minimum atomic E-state index is 0.193. The van der Waals surface area contributed by atoms with E-state index in [1.165, 1.54) is 11.1 Å². The second-order valence-corrected chi connectivity index (χ2v) is 6.94. The monoisotopic (exact) mass is 320 g/mol. The summed E-state index contributed by atoms with van der Waals surface area (Å²) in [6.45, 7) is 2.09. The van der Waals surface area contributed by atoms with E-state index in [-0.39, 0.29) is 11.9 Å². The molecule has 1 atom stereocenters. The Hall–Kier alpha value is -2.16. The second-order valence-electron chi connectivity index (χ2n) is 6.94. The maximum absolute atomic E-state index is 13.4. The number of aromatic nitrogens is 1. The number of fused-ring (bicyclic) bond motifs is 1. The molecule has 0 N–H and O–H groups in total. The fourth-order valence-electron chi connectivity index (χ4n) is 3.99. The van der Waals surface area contributed by atoms with Gasteiger partial charge in [-0.15, -0.1) is 0 Å². The summed E-state index contributed by atoms with van der Waals surface area (Å²) in [6, 6.07) is 11.2. The SMILES string of the molecule is CCc1cnccc1C(=O)N(C1CC1)[C@H]1CCCc2ccccc21. The number of carbonyl (C=O) groups is 1. The van der Waals surface area contributed by atoms with Crippen LogP contribution in [0.25, 0.3) is 0 Å². The van der Waals surface area contributed by atoms with Crippen LogP contribution in [-0.4, -0.2) is 21.8 Å². The van der Waals surface area contributed by atoms with Gasteiger partial charge in [0.15, 0.2) is 0 Å². The van der Waals surface area contributed by atoms with E-state index in [1.807, 2.05) is 12.3 Å². The molecule has 1 aromatic carbocycles. The van der Waals surface area contributed by atoms with Gasteiger partial charge in [0.2, 0.25) is 0 Å². The van der Waals surface area contributed by atoms with Gasteiger partial charge in [-0.1, -0.05) is 31.2 Å². The summed E-state index contributed by atoms with van der Waals surface area (Å²) in [5, 5.41) is 0. The van der Waals surface area contributed by atoms with Gasteiger partial charge >= 0.3 is 0 Å². The van der Waals surface area contributed by atoms with Gasteiger partial charge in [-0.3, -0.25) is 9.78 Å². The molecule has 1 heterocycles. The Morgan fingerprint density at radius 1 is 1.21 bits per heavy atom. The number of pyridine rings is 1. The van der Waals surface area contributed by atoms with Crippen LogP contribution in [0, 0.1) is 0 Å². The first-order valence-electron chi connectivity index (χ1n) is 9.13. The van der Waals surface area contributed by atoms with Gasteiger partial charge in [-0.25, -0.2) is 0 Å². The van der Waals surface area contributed by atoms with Crippen LogP contribution >= 0.6 is 0 Å². The molecule has 0 radical (unpaired) electrons. The highest BCUT2D eigenvalue weighted by molar-refractivity contribution is 5.96. The zero-order valence-corrected chi connectivity index (χ0v) is 14.2. The molecule has 2 aromatic rings. The van der Waals surface area contributed by atoms with Gasteiger partial charge in [-0.2, -0.15) is 0 Å². The van der Waals surface area contributed by atoms with Gasteiger partial charge < -0.3 is 4.90 Å². The topological polar surface area (TPSA) is 33.2 Å². The average Bonchev–Trinajstić information content (AvgIpc) is 3.47.